The van der Waals surface area contributed by atoms with Gasteiger partial charge in [0.1, 0.15) is 16.5 Å². The number of anilines is 1. The van der Waals surface area contributed by atoms with Crippen LogP contribution in [-0.4, -0.2) is 77.4 Å². The van der Waals surface area contributed by atoms with Crippen molar-refractivity contribution in [2.75, 3.05) is 38.1 Å². The van der Waals surface area contributed by atoms with Crippen molar-refractivity contribution in [3.63, 3.8) is 0 Å². The van der Waals surface area contributed by atoms with Gasteiger partial charge in [0.25, 0.3) is 11.8 Å². The summed E-state index contributed by atoms with van der Waals surface area (Å²) in [5.74, 6) is -1.03. The van der Waals surface area contributed by atoms with E-state index in [1.54, 1.807) is 16.3 Å². The van der Waals surface area contributed by atoms with Gasteiger partial charge in [-0.3, -0.25) is 19.4 Å². The van der Waals surface area contributed by atoms with Crippen LogP contribution in [0, 0.1) is 5.82 Å². The number of thiazole rings is 1. The lowest BCUT2D eigenvalue weighted by atomic mass is 10.1. The molecule has 1 aromatic heterocycles. The summed E-state index contributed by atoms with van der Waals surface area (Å²) in [4.78, 5) is 47.1. The normalized spacial score (nSPS) is 16.5. The average molecular weight is 517 g/mol. The molecule has 11 heteroatoms. The molecule has 4 rings (SSSR count). The van der Waals surface area contributed by atoms with E-state index >= 15 is 0 Å². The number of piperazine rings is 1. The molecule has 0 atom stereocenters. The average Bonchev–Trinajstić information content (AvgIpc) is 3.51. The van der Waals surface area contributed by atoms with Crippen LogP contribution in [0.2, 0.25) is 0 Å². The quantitative estimate of drug-likeness (QED) is 0.615. The molecule has 0 unspecified atom stereocenters. The lowest BCUT2D eigenvalue weighted by molar-refractivity contribution is 0.0627. The van der Waals surface area contributed by atoms with Gasteiger partial charge in [0.15, 0.2) is 0 Å². The third kappa shape index (κ3) is 6.58. The van der Waals surface area contributed by atoms with Crippen molar-refractivity contribution < 1.29 is 18.8 Å². The molecule has 2 fully saturated rings. The summed E-state index contributed by atoms with van der Waals surface area (Å²) in [7, 11) is 1.51. The van der Waals surface area contributed by atoms with E-state index in [0.29, 0.717) is 38.4 Å². The molecule has 9 nitrogen and oxygen atoms in total. The Morgan fingerprint density at radius 3 is 2.47 bits per heavy atom. The van der Waals surface area contributed by atoms with Crippen molar-refractivity contribution in [2.24, 2.45) is 0 Å². The van der Waals surface area contributed by atoms with Crippen molar-refractivity contribution in [3.8, 4) is 0 Å². The minimum atomic E-state index is -0.608. The molecule has 0 radical (unpaired) electrons. The van der Waals surface area contributed by atoms with E-state index in [-0.39, 0.29) is 40.7 Å². The monoisotopic (exact) mass is 516 g/mol. The van der Waals surface area contributed by atoms with Crippen LogP contribution in [0.3, 0.4) is 0 Å². The van der Waals surface area contributed by atoms with Crippen molar-refractivity contribution in [1.29, 1.82) is 0 Å². The summed E-state index contributed by atoms with van der Waals surface area (Å²) in [6.07, 6.45) is 1.89. The number of nitrogens with one attached hydrogen (secondary N) is 2. The van der Waals surface area contributed by atoms with Crippen LogP contribution in [-0.2, 0) is 6.54 Å². The maximum absolute atomic E-state index is 14.8. The standard InChI is InChI=1S/C25H33FN6O3S/c1-25(2,3)29-22(33)19-15-36-21(28-19)14-31-9-11-32(12-10-31)23(34)16-5-8-20(18(26)13-16)30(4)24(35)27-17-6-7-17/h5,8,13,15,17H,6-7,9-12,14H2,1-4H3,(H,27,35)(H,29,33). The molecule has 1 aliphatic carbocycles. The van der Waals surface area contributed by atoms with Crippen LogP contribution in [0.25, 0.3) is 0 Å². The van der Waals surface area contributed by atoms with Crippen molar-refractivity contribution in [3.05, 3.63) is 45.7 Å². The summed E-state index contributed by atoms with van der Waals surface area (Å²) in [6, 6.07) is 4.06. The van der Waals surface area contributed by atoms with E-state index < -0.39 is 5.82 Å². The molecule has 4 amide bonds. The van der Waals surface area contributed by atoms with Gasteiger partial charge >= 0.3 is 6.03 Å². The predicted octanol–water partition coefficient (Wildman–Crippen LogP) is 3.08. The van der Waals surface area contributed by atoms with Gasteiger partial charge in [0.2, 0.25) is 0 Å². The van der Waals surface area contributed by atoms with Gasteiger partial charge in [0, 0.05) is 55.8 Å². The molecule has 2 heterocycles. The molecule has 0 bridgehead atoms. The fraction of sp³-hybridized carbons (Fsp3) is 0.520. The summed E-state index contributed by atoms with van der Waals surface area (Å²) in [6.45, 7) is 8.70. The lowest BCUT2D eigenvalue weighted by Crippen LogP contribution is -2.48. The molecule has 2 N–H and O–H groups in total. The lowest BCUT2D eigenvalue weighted by Gasteiger charge is -2.34. The fourth-order valence-electron chi connectivity index (χ4n) is 3.90. The Morgan fingerprint density at radius 1 is 1.17 bits per heavy atom. The molecule has 1 aliphatic heterocycles. The number of amides is 4. The molecule has 2 aliphatic rings. The highest BCUT2D eigenvalue weighted by Gasteiger charge is 2.27. The second-order valence-electron chi connectivity index (χ2n) is 10.3. The highest BCUT2D eigenvalue weighted by Crippen LogP contribution is 2.23. The summed E-state index contributed by atoms with van der Waals surface area (Å²) < 4.78 is 14.8. The van der Waals surface area contributed by atoms with Crippen molar-refractivity contribution in [1.82, 2.24) is 25.4 Å². The minimum Gasteiger partial charge on any atom is -0.346 e. The number of carbonyl (C=O) groups is 3. The number of hydrogen-bond donors (Lipinski definition) is 2. The van der Waals surface area contributed by atoms with Crippen LogP contribution in [0.5, 0.6) is 0 Å². The van der Waals surface area contributed by atoms with E-state index in [1.807, 2.05) is 20.8 Å². The highest BCUT2D eigenvalue weighted by atomic mass is 32.1. The molecule has 2 aromatic rings. The topological polar surface area (TPSA) is 97.9 Å². The Labute approximate surface area is 214 Å². The van der Waals surface area contributed by atoms with Gasteiger partial charge in [-0.05, 0) is 51.8 Å². The third-order valence-electron chi connectivity index (χ3n) is 6.06. The first kappa shape index (κ1) is 26.0. The number of aromatic nitrogens is 1. The maximum atomic E-state index is 14.8. The number of rotatable bonds is 6. The largest absolute Gasteiger partial charge is 0.346 e. The Morgan fingerprint density at radius 2 is 1.86 bits per heavy atom. The molecule has 1 saturated carbocycles. The predicted molar refractivity (Wildman–Crippen MR) is 137 cm³/mol. The zero-order valence-corrected chi connectivity index (χ0v) is 22.0. The number of hydrogen-bond acceptors (Lipinski definition) is 6. The fourth-order valence-corrected chi connectivity index (χ4v) is 4.71. The molecular formula is C25H33FN6O3S. The van der Waals surface area contributed by atoms with Crippen LogP contribution in [0.4, 0.5) is 14.9 Å². The summed E-state index contributed by atoms with van der Waals surface area (Å²) in [5, 5.41) is 8.35. The molecule has 194 valence electrons. The Bertz CT molecular complexity index is 1140. The zero-order chi connectivity index (χ0) is 26.0. The second-order valence-corrected chi connectivity index (χ2v) is 11.3. The first-order valence-corrected chi connectivity index (χ1v) is 13.0. The number of benzene rings is 1. The van der Waals surface area contributed by atoms with Gasteiger partial charge in [-0.15, -0.1) is 11.3 Å². The van der Waals surface area contributed by atoms with Crippen LogP contribution >= 0.6 is 11.3 Å². The molecule has 1 saturated heterocycles. The van der Waals surface area contributed by atoms with Gasteiger partial charge in [0.05, 0.1) is 12.2 Å². The number of nitrogens with zero attached hydrogens (tertiary/aromatic N) is 4. The first-order chi connectivity index (χ1) is 17.0. The number of urea groups is 1. The Hall–Kier alpha value is -3.05. The second kappa shape index (κ2) is 10.5. The molecule has 1 aromatic carbocycles. The van der Waals surface area contributed by atoms with E-state index in [4.69, 9.17) is 0 Å². The van der Waals surface area contributed by atoms with E-state index in [2.05, 4.69) is 20.5 Å². The zero-order valence-electron chi connectivity index (χ0n) is 21.1. The van der Waals surface area contributed by atoms with Crippen LogP contribution in [0.15, 0.2) is 23.6 Å². The minimum absolute atomic E-state index is 0.133. The summed E-state index contributed by atoms with van der Waals surface area (Å²) >= 11 is 1.45. The van der Waals surface area contributed by atoms with Gasteiger partial charge in [-0.2, -0.15) is 0 Å². The smallest absolute Gasteiger partial charge is 0.321 e. The van der Waals surface area contributed by atoms with Crippen LogP contribution < -0.4 is 15.5 Å². The van der Waals surface area contributed by atoms with Gasteiger partial charge in [-0.1, -0.05) is 0 Å². The SMILES string of the molecule is CN(C(=O)NC1CC1)c1ccc(C(=O)N2CCN(Cc3nc(C(=O)NC(C)(C)C)cs3)CC2)cc1F. The molecule has 0 spiro atoms. The highest BCUT2D eigenvalue weighted by molar-refractivity contribution is 7.09. The number of carbonyl (C=O) groups excluding carboxylic acids is 3. The molecular weight excluding hydrogens is 483 g/mol. The van der Waals surface area contributed by atoms with E-state index in [9.17, 15) is 18.8 Å². The van der Waals surface area contributed by atoms with Crippen molar-refractivity contribution >= 4 is 34.9 Å². The first-order valence-electron chi connectivity index (χ1n) is 12.1. The number of halogens is 1. The van der Waals surface area contributed by atoms with E-state index in [0.717, 1.165) is 17.8 Å². The van der Waals surface area contributed by atoms with Gasteiger partial charge < -0.3 is 15.5 Å². The van der Waals surface area contributed by atoms with E-state index in [1.165, 1.54) is 35.4 Å². The Kier molecular flexibility index (Phi) is 7.60. The summed E-state index contributed by atoms with van der Waals surface area (Å²) in [5.41, 5.74) is 0.483. The third-order valence-corrected chi connectivity index (χ3v) is 6.89. The van der Waals surface area contributed by atoms with Crippen LogP contribution in [0.1, 0.15) is 59.5 Å². The van der Waals surface area contributed by atoms with Gasteiger partial charge in [-0.25, -0.2) is 14.2 Å². The molecule has 36 heavy (non-hydrogen) atoms. The van der Waals surface area contributed by atoms with Crippen molar-refractivity contribution in [2.45, 2.75) is 51.7 Å². The Balaban J connectivity index is 1.29. The maximum Gasteiger partial charge on any atom is 0.321 e.